The first-order chi connectivity index (χ1) is 9.74. The highest BCUT2D eigenvalue weighted by atomic mass is 32.2. The molecule has 8 heteroatoms. The molecule has 0 spiro atoms. The molecule has 21 heavy (non-hydrogen) atoms. The molecule has 2 aromatic rings. The molecule has 0 unspecified atom stereocenters. The Hall–Kier alpha value is -1.67. The average Bonchev–Trinajstić information content (AvgIpc) is 2.44. The van der Waals surface area contributed by atoms with E-state index in [1.165, 1.54) is 12.1 Å². The third kappa shape index (κ3) is 3.16. The molecule has 2 rings (SSSR count). The summed E-state index contributed by atoms with van der Waals surface area (Å²) in [6, 6.07) is 11.6. The van der Waals surface area contributed by atoms with E-state index < -0.39 is 28.7 Å². The molecule has 3 nitrogen and oxygen atoms in total. The molecule has 0 aromatic heterocycles. The smallest absolute Gasteiger partial charge is 0.310 e. The molecule has 0 aliphatic rings. The first-order valence-electron chi connectivity index (χ1n) is 5.76. The highest BCUT2D eigenvalue weighted by Crippen LogP contribution is 2.36. The highest BCUT2D eigenvalue weighted by molar-refractivity contribution is 7.73. The molecule has 0 N–H and O–H groups in total. The summed E-state index contributed by atoms with van der Waals surface area (Å²) in [7, 11) is -4.65. The number of fused-ring (bicyclic) bond motifs is 1. The summed E-state index contributed by atoms with van der Waals surface area (Å²) < 4.78 is 76.0. The van der Waals surface area contributed by atoms with Crippen LogP contribution in [-0.2, 0) is 22.0 Å². The molecule has 0 amide bonds. The van der Waals surface area contributed by atoms with Crippen molar-refractivity contribution in [1.82, 2.24) is 0 Å². The number of ether oxygens (including phenoxy) is 1. The van der Waals surface area contributed by atoms with Crippen molar-refractivity contribution in [3.05, 3.63) is 48.0 Å². The van der Waals surface area contributed by atoms with Gasteiger partial charge in [0.05, 0.1) is 6.61 Å². The molecule has 0 fully saturated rings. The predicted molar refractivity (Wildman–Crippen MR) is 68.9 cm³/mol. The monoisotopic (exact) mass is 322 g/mol. The largest absolute Gasteiger partial charge is 0.434 e. The zero-order valence-electron chi connectivity index (χ0n) is 10.4. The third-order valence-corrected chi connectivity index (χ3v) is 3.53. The maximum absolute atomic E-state index is 13.1. The molecule has 0 bridgehead atoms. The summed E-state index contributed by atoms with van der Waals surface area (Å²) in [4.78, 5) is 0. The number of halogens is 4. The van der Waals surface area contributed by atoms with Gasteiger partial charge in [-0.05, 0) is 22.4 Å². The molecule has 0 saturated heterocycles. The average molecular weight is 322 g/mol. The number of alkyl halides is 4. The first kappa shape index (κ1) is 15.7. The molecule has 0 radical (unpaired) electrons. The Morgan fingerprint density at radius 1 is 0.952 bits per heavy atom. The maximum Gasteiger partial charge on any atom is 0.434 e. The molecule has 0 atom stereocenters. The molecular formula is C13H10F4O3S. The van der Waals surface area contributed by atoms with Gasteiger partial charge in [-0.3, -0.25) is 0 Å². The van der Waals surface area contributed by atoms with E-state index in [0.717, 1.165) is 10.8 Å². The van der Waals surface area contributed by atoms with Crippen molar-refractivity contribution in [1.29, 1.82) is 0 Å². The second-order valence-electron chi connectivity index (χ2n) is 4.29. The Kier molecular flexibility index (Phi) is 4.20. The van der Waals surface area contributed by atoms with Gasteiger partial charge in [-0.2, -0.15) is 17.6 Å². The van der Waals surface area contributed by atoms with Crippen molar-refractivity contribution in [2.45, 2.75) is 18.0 Å². The van der Waals surface area contributed by atoms with Crippen LogP contribution in [0.1, 0.15) is 5.56 Å². The topological polar surface area (TPSA) is 43.4 Å². The number of thiol groups is 1. The molecule has 0 saturated carbocycles. The van der Waals surface area contributed by atoms with Gasteiger partial charge in [0.25, 0.3) is 0 Å². The zero-order valence-corrected chi connectivity index (χ0v) is 11.3. The number of hydrogen-bond acceptors (Lipinski definition) is 3. The maximum atomic E-state index is 13.1. The van der Waals surface area contributed by atoms with Gasteiger partial charge in [0, 0.05) is 0 Å². The van der Waals surface area contributed by atoms with Crippen LogP contribution >= 0.6 is 0 Å². The van der Waals surface area contributed by atoms with E-state index in [4.69, 9.17) is 0 Å². The summed E-state index contributed by atoms with van der Waals surface area (Å²) in [6.45, 7) is -0.837. The molecular weight excluding hydrogens is 312 g/mol. The van der Waals surface area contributed by atoms with Gasteiger partial charge in [-0.1, -0.05) is 36.4 Å². The Bertz CT molecular complexity index is 720. The minimum Gasteiger partial charge on any atom is -0.310 e. The fraction of sp³-hybridized carbons (Fsp3) is 0.231. The van der Waals surface area contributed by atoms with Crippen LogP contribution in [0.5, 0.6) is 0 Å². The van der Waals surface area contributed by atoms with Crippen LogP contribution in [0, 0.1) is 0 Å². The van der Waals surface area contributed by atoms with Crippen LogP contribution in [0.15, 0.2) is 42.5 Å². The first-order valence-corrected chi connectivity index (χ1v) is 6.93. The lowest BCUT2D eigenvalue weighted by molar-refractivity contribution is -0.321. The minimum atomic E-state index is -5.25. The Labute approximate surface area is 119 Å². The van der Waals surface area contributed by atoms with Gasteiger partial charge in [0.1, 0.15) is 0 Å². The Morgan fingerprint density at radius 2 is 1.57 bits per heavy atom. The lowest BCUT2D eigenvalue weighted by Gasteiger charge is -2.21. The standard InChI is InChI=1S/C13H10F4O3S/c14-12(15,13(16,17)21(18)19)20-8-9-5-6-10-3-1-2-4-11(10)7-9/h1-7,21H,8H2. The summed E-state index contributed by atoms with van der Waals surface area (Å²) in [5.74, 6) is 0. The second-order valence-corrected chi connectivity index (χ2v) is 5.36. The number of hydrogen-bond donors (Lipinski definition) is 1. The molecule has 2 aromatic carbocycles. The van der Waals surface area contributed by atoms with E-state index in [0.29, 0.717) is 0 Å². The van der Waals surface area contributed by atoms with E-state index in [2.05, 4.69) is 4.74 Å². The van der Waals surface area contributed by atoms with Crippen LogP contribution < -0.4 is 0 Å². The fourth-order valence-electron chi connectivity index (χ4n) is 1.70. The van der Waals surface area contributed by atoms with Crippen molar-refractivity contribution in [2.24, 2.45) is 0 Å². The second kappa shape index (κ2) is 5.61. The summed E-state index contributed by atoms with van der Waals surface area (Å²) in [6.07, 6.45) is -5.09. The quantitative estimate of drug-likeness (QED) is 0.679. The van der Waals surface area contributed by atoms with Crippen molar-refractivity contribution >= 4 is 21.5 Å². The van der Waals surface area contributed by atoms with Crippen molar-refractivity contribution < 1.29 is 30.7 Å². The van der Waals surface area contributed by atoms with Crippen LogP contribution in [0.25, 0.3) is 10.8 Å². The van der Waals surface area contributed by atoms with Crippen LogP contribution in [0.4, 0.5) is 17.6 Å². The summed E-state index contributed by atoms with van der Waals surface area (Å²) in [5, 5.41) is -3.68. The van der Waals surface area contributed by atoms with Crippen LogP contribution in [-0.4, -0.2) is 19.8 Å². The van der Waals surface area contributed by atoms with Gasteiger partial charge in [0.15, 0.2) is 0 Å². The molecule has 114 valence electrons. The van der Waals surface area contributed by atoms with E-state index in [-0.39, 0.29) is 5.56 Å². The van der Waals surface area contributed by atoms with Crippen molar-refractivity contribution in [3.8, 4) is 0 Å². The van der Waals surface area contributed by atoms with Crippen molar-refractivity contribution in [2.75, 3.05) is 0 Å². The van der Waals surface area contributed by atoms with Gasteiger partial charge in [-0.15, -0.1) is 0 Å². The van der Waals surface area contributed by atoms with Gasteiger partial charge >= 0.3 is 11.4 Å². The van der Waals surface area contributed by atoms with Gasteiger partial charge in [0.2, 0.25) is 10.7 Å². The summed E-state index contributed by atoms with van der Waals surface area (Å²) in [5.41, 5.74) is 0.227. The minimum absolute atomic E-state index is 0.227. The van der Waals surface area contributed by atoms with E-state index in [1.807, 2.05) is 0 Å². The fourth-order valence-corrected chi connectivity index (χ4v) is 1.97. The SMILES string of the molecule is O=[SH](=O)C(F)(F)C(F)(F)OCc1ccc2ccccc2c1. The van der Waals surface area contributed by atoms with E-state index in [9.17, 15) is 26.0 Å². The van der Waals surface area contributed by atoms with E-state index in [1.54, 1.807) is 30.3 Å². The Balaban J connectivity index is 2.17. The van der Waals surface area contributed by atoms with Crippen LogP contribution in [0.3, 0.4) is 0 Å². The number of benzene rings is 2. The van der Waals surface area contributed by atoms with Gasteiger partial charge in [-0.25, -0.2) is 8.42 Å². The predicted octanol–water partition coefficient (Wildman–Crippen LogP) is 3.15. The normalized spacial score (nSPS) is 13.0. The highest BCUT2D eigenvalue weighted by Gasteiger charge is 2.61. The van der Waals surface area contributed by atoms with Gasteiger partial charge < -0.3 is 4.74 Å². The van der Waals surface area contributed by atoms with Crippen LogP contribution in [0.2, 0.25) is 0 Å². The zero-order chi connectivity index (χ0) is 15.7. The Morgan fingerprint density at radius 3 is 2.19 bits per heavy atom. The molecule has 0 aliphatic carbocycles. The van der Waals surface area contributed by atoms with Crippen molar-refractivity contribution in [3.63, 3.8) is 0 Å². The molecule has 0 heterocycles. The summed E-state index contributed by atoms with van der Waals surface area (Å²) >= 11 is 0. The lowest BCUT2D eigenvalue weighted by atomic mass is 10.1. The third-order valence-electron chi connectivity index (χ3n) is 2.81. The van der Waals surface area contributed by atoms with E-state index >= 15 is 0 Å². The lowest BCUT2D eigenvalue weighted by Crippen LogP contribution is -2.43. The number of rotatable bonds is 5. The molecule has 0 aliphatic heterocycles.